The van der Waals surface area contributed by atoms with Crippen LogP contribution in [0.1, 0.15) is 92.4 Å². The van der Waals surface area contributed by atoms with E-state index in [0.717, 1.165) is 24.7 Å². The Morgan fingerprint density at radius 1 is 0.966 bits per heavy atom. The Kier molecular flexibility index (Phi) is 5.10. The summed E-state index contributed by atoms with van der Waals surface area (Å²) >= 11 is 0. The van der Waals surface area contributed by atoms with E-state index >= 15 is 0 Å². The molecule has 0 heterocycles. The lowest BCUT2D eigenvalue weighted by atomic mass is 9.43. The van der Waals surface area contributed by atoms with Gasteiger partial charge in [-0.25, -0.2) is 0 Å². The first-order valence-corrected chi connectivity index (χ1v) is 12.0. The van der Waals surface area contributed by atoms with Crippen LogP contribution in [0.2, 0.25) is 0 Å². The van der Waals surface area contributed by atoms with Crippen molar-refractivity contribution in [3.63, 3.8) is 0 Å². The van der Waals surface area contributed by atoms with E-state index in [0.29, 0.717) is 23.7 Å². The molecule has 0 radical (unpaired) electrons. The molecule has 0 aliphatic heterocycles. The quantitative estimate of drug-likeness (QED) is 0.661. The van der Waals surface area contributed by atoms with E-state index in [1.165, 1.54) is 38.5 Å². The van der Waals surface area contributed by atoms with Crippen molar-refractivity contribution in [1.29, 1.82) is 0 Å². The number of hydrogen-bond donors (Lipinski definition) is 2. The van der Waals surface area contributed by atoms with Crippen molar-refractivity contribution in [3.8, 4) is 0 Å². The smallest absolute Gasteiger partial charge is 0.307 e. The second kappa shape index (κ2) is 6.99. The van der Waals surface area contributed by atoms with Crippen LogP contribution in [0.5, 0.6) is 0 Å². The number of carbonyl (C=O) groups is 2. The Labute approximate surface area is 176 Å². The zero-order chi connectivity index (χ0) is 21.2. The van der Waals surface area contributed by atoms with E-state index < -0.39 is 17.8 Å². The zero-order valence-electron chi connectivity index (χ0n) is 19.1. The van der Waals surface area contributed by atoms with Crippen molar-refractivity contribution in [2.75, 3.05) is 0 Å². The number of carbonyl (C=O) groups excluding carboxylic acids is 1. The summed E-state index contributed by atoms with van der Waals surface area (Å²) in [6, 6.07) is 0. The molecule has 0 aromatic heterocycles. The van der Waals surface area contributed by atoms with Crippen LogP contribution in [0.4, 0.5) is 0 Å². The molecule has 4 fully saturated rings. The largest absolute Gasteiger partial charge is 0.481 e. The molecule has 0 spiro atoms. The van der Waals surface area contributed by atoms with Gasteiger partial charge in [-0.1, -0.05) is 20.3 Å². The van der Waals surface area contributed by atoms with Gasteiger partial charge < -0.3 is 10.4 Å². The number of carboxylic acids is 1. The molecule has 29 heavy (non-hydrogen) atoms. The average molecular weight is 404 g/mol. The van der Waals surface area contributed by atoms with Crippen LogP contribution in [0.15, 0.2) is 0 Å². The van der Waals surface area contributed by atoms with Gasteiger partial charge >= 0.3 is 5.97 Å². The molecule has 2 N–H and O–H groups in total. The predicted octanol–water partition coefficient (Wildman–Crippen LogP) is 5.26. The van der Waals surface area contributed by atoms with Gasteiger partial charge in [-0.3, -0.25) is 9.59 Å². The second-order valence-corrected chi connectivity index (χ2v) is 12.5. The van der Waals surface area contributed by atoms with Gasteiger partial charge in [-0.15, -0.1) is 0 Å². The first kappa shape index (κ1) is 21.2. The third-order valence-electron chi connectivity index (χ3n) is 9.68. The van der Waals surface area contributed by atoms with Crippen molar-refractivity contribution in [3.05, 3.63) is 0 Å². The van der Waals surface area contributed by atoms with Crippen LogP contribution >= 0.6 is 0 Å². The lowest BCUT2D eigenvalue weighted by Crippen LogP contribution is -2.57. The molecule has 0 aromatic carbocycles. The standard InChI is InChI=1S/C25H41NO3/c1-23(2,3)26-21(27)18-14-25(5)15(13-17(18)22(28)29)8-9-16-19-7-6-11-24(19,4)12-10-20(16)25/h15-20H,6-14H2,1-5H3,(H,26,27)(H,28,29)/t15?,16-,17?,18?,19-,20+,24-,25-/m0/s1. The van der Waals surface area contributed by atoms with Gasteiger partial charge in [-0.2, -0.15) is 0 Å². The number of carboxylic acid groups (broad SMARTS) is 1. The summed E-state index contributed by atoms with van der Waals surface area (Å²) in [6.07, 6.45) is 10.6. The van der Waals surface area contributed by atoms with E-state index in [-0.39, 0.29) is 16.9 Å². The SMILES string of the molecule is CC(C)(C)NC(=O)C1C[C@@]2(C)C(CC[C@@H]3[C@H]2CC[C@]2(C)CCC[C@@H]32)CC1C(=O)O. The van der Waals surface area contributed by atoms with Gasteiger partial charge in [0.05, 0.1) is 11.8 Å². The fourth-order valence-electron chi connectivity index (χ4n) is 8.33. The highest BCUT2D eigenvalue weighted by Gasteiger charge is 2.60. The number of aliphatic carboxylic acids is 1. The molecule has 4 rings (SSSR count). The highest BCUT2D eigenvalue weighted by atomic mass is 16.4. The van der Waals surface area contributed by atoms with Gasteiger partial charge in [-0.05, 0) is 107 Å². The fourth-order valence-corrected chi connectivity index (χ4v) is 8.33. The van der Waals surface area contributed by atoms with Gasteiger partial charge in [0.1, 0.15) is 0 Å². The summed E-state index contributed by atoms with van der Waals surface area (Å²) < 4.78 is 0. The van der Waals surface area contributed by atoms with Crippen molar-refractivity contribution >= 4 is 11.9 Å². The van der Waals surface area contributed by atoms with Crippen LogP contribution in [0, 0.1) is 46.3 Å². The molecule has 8 atom stereocenters. The second-order valence-electron chi connectivity index (χ2n) is 12.5. The number of amides is 1. The van der Waals surface area contributed by atoms with Gasteiger partial charge in [0.25, 0.3) is 0 Å². The summed E-state index contributed by atoms with van der Waals surface area (Å²) in [5, 5.41) is 13.0. The molecule has 0 saturated heterocycles. The molecule has 4 aliphatic carbocycles. The van der Waals surface area contributed by atoms with Gasteiger partial charge in [0, 0.05) is 5.54 Å². The number of nitrogens with one attached hydrogen (secondary N) is 1. The van der Waals surface area contributed by atoms with Crippen molar-refractivity contribution < 1.29 is 14.7 Å². The normalized spacial score (nSPS) is 46.9. The summed E-state index contributed by atoms with van der Waals surface area (Å²) in [4.78, 5) is 25.3. The Morgan fingerprint density at radius 2 is 1.69 bits per heavy atom. The Hall–Kier alpha value is -1.06. The molecule has 1 amide bonds. The highest BCUT2D eigenvalue weighted by Crippen LogP contribution is 2.67. The molecular formula is C25H41NO3. The summed E-state index contributed by atoms with van der Waals surface area (Å²) in [6.45, 7) is 10.9. The first-order valence-electron chi connectivity index (χ1n) is 12.0. The minimum absolute atomic E-state index is 0.0480. The van der Waals surface area contributed by atoms with Crippen LogP contribution in [-0.4, -0.2) is 22.5 Å². The monoisotopic (exact) mass is 403 g/mol. The van der Waals surface area contributed by atoms with Crippen molar-refractivity contribution in [1.82, 2.24) is 5.32 Å². The number of fused-ring (bicyclic) bond motifs is 5. The molecule has 3 unspecified atom stereocenters. The maximum absolute atomic E-state index is 13.2. The van der Waals surface area contributed by atoms with E-state index in [9.17, 15) is 14.7 Å². The molecule has 164 valence electrons. The van der Waals surface area contributed by atoms with Crippen LogP contribution in [0.25, 0.3) is 0 Å². The molecule has 4 nitrogen and oxygen atoms in total. The Morgan fingerprint density at radius 3 is 2.34 bits per heavy atom. The van der Waals surface area contributed by atoms with Crippen LogP contribution in [0.3, 0.4) is 0 Å². The molecule has 4 heteroatoms. The zero-order valence-corrected chi connectivity index (χ0v) is 19.1. The molecule has 0 aromatic rings. The number of rotatable bonds is 2. The van der Waals surface area contributed by atoms with Crippen molar-refractivity contribution in [2.24, 2.45) is 46.3 Å². The minimum Gasteiger partial charge on any atom is -0.481 e. The topological polar surface area (TPSA) is 66.4 Å². The van der Waals surface area contributed by atoms with Crippen molar-refractivity contribution in [2.45, 2.75) is 97.9 Å². The average Bonchev–Trinajstić information content (AvgIpc) is 3.00. The minimum atomic E-state index is -0.782. The maximum atomic E-state index is 13.2. The lowest BCUT2D eigenvalue weighted by molar-refractivity contribution is -0.164. The Bertz CT molecular complexity index is 682. The van der Waals surface area contributed by atoms with E-state index in [1.807, 2.05) is 20.8 Å². The maximum Gasteiger partial charge on any atom is 0.307 e. The first-order chi connectivity index (χ1) is 13.4. The van der Waals surface area contributed by atoms with Crippen LogP contribution < -0.4 is 5.32 Å². The Balaban J connectivity index is 1.62. The van der Waals surface area contributed by atoms with E-state index in [4.69, 9.17) is 0 Å². The van der Waals surface area contributed by atoms with Gasteiger partial charge in [0.2, 0.25) is 5.91 Å². The summed E-state index contributed by atoms with van der Waals surface area (Å²) in [7, 11) is 0. The highest BCUT2D eigenvalue weighted by molar-refractivity contribution is 5.85. The number of hydrogen-bond acceptors (Lipinski definition) is 2. The third kappa shape index (κ3) is 3.53. The van der Waals surface area contributed by atoms with E-state index in [2.05, 4.69) is 19.2 Å². The fraction of sp³-hybridized carbons (Fsp3) is 0.920. The van der Waals surface area contributed by atoms with Gasteiger partial charge in [0.15, 0.2) is 0 Å². The molecular weight excluding hydrogens is 362 g/mol. The summed E-state index contributed by atoms with van der Waals surface area (Å²) in [5.41, 5.74) is 0.313. The van der Waals surface area contributed by atoms with E-state index in [1.54, 1.807) is 0 Å². The third-order valence-corrected chi connectivity index (χ3v) is 9.68. The van der Waals surface area contributed by atoms with Crippen LogP contribution in [-0.2, 0) is 9.59 Å². The molecule has 4 aliphatic rings. The summed E-state index contributed by atoms with van der Waals surface area (Å²) in [5.74, 6) is 0.981. The molecule has 4 saturated carbocycles. The lowest BCUT2D eigenvalue weighted by Gasteiger charge is -2.61. The predicted molar refractivity (Wildman–Crippen MR) is 114 cm³/mol. The molecule has 0 bridgehead atoms.